The van der Waals surface area contributed by atoms with E-state index in [4.69, 9.17) is 10.5 Å². The van der Waals surface area contributed by atoms with Crippen LogP contribution in [-0.2, 0) is 11.8 Å². The summed E-state index contributed by atoms with van der Waals surface area (Å²) in [7, 11) is 1.78. The molecule has 0 atom stereocenters. The van der Waals surface area contributed by atoms with Gasteiger partial charge in [0, 0.05) is 44.4 Å². The first-order valence-electron chi connectivity index (χ1n) is 8.60. The monoisotopic (exact) mass is 357 g/mol. The van der Waals surface area contributed by atoms with Crippen LogP contribution in [0.5, 0.6) is 0 Å². The highest BCUT2D eigenvalue weighted by molar-refractivity contribution is 5.95. The highest BCUT2D eigenvalue weighted by Gasteiger charge is 2.25. The molecule has 0 aliphatic carbocycles. The Balaban J connectivity index is 1.64. The number of hydrogen-bond acceptors (Lipinski definition) is 5. The van der Waals surface area contributed by atoms with E-state index in [1.54, 1.807) is 46.8 Å². The second-order valence-corrected chi connectivity index (χ2v) is 6.12. The highest BCUT2D eigenvalue weighted by Crippen LogP contribution is 2.25. The van der Waals surface area contributed by atoms with Gasteiger partial charge in [-0.05, 0) is 24.6 Å². The summed E-state index contributed by atoms with van der Waals surface area (Å²) in [5.41, 5.74) is 8.36. The van der Waals surface area contributed by atoms with Crippen molar-refractivity contribution in [3.05, 3.63) is 36.0 Å². The van der Waals surface area contributed by atoms with Gasteiger partial charge in [-0.2, -0.15) is 5.10 Å². The molecule has 26 heavy (non-hydrogen) atoms. The molecule has 1 aromatic carbocycles. The van der Waals surface area contributed by atoms with Gasteiger partial charge in [-0.1, -0.05) is 12.1 Å². The van der Waals surface area contributed by atoms with Gasteiger partial charge in [0.2, 0.25) is 0 Å². The number of amides is 2. The molecule has 2 N–H and O–H groups in total. The topological polar surface area (TPSA) is 93.7 Å². The van der Waals surface area contributed by atoms with Gasteiger partial charge in [-0.15, -0.1) is 0 Å². The molecule has 2 heterocycles. The van der Waals surface area contributed by atoms with Crippen molar-refractivity contribution in [2.24, 2.45) is 7.05 Å². The average Bonchev–Trinajstić information content (AvgIpc) is 3.00. The van der Waals surface area contributed by atoms with E-state index in [2.05, 4.69) is 5.10 Å². The van der Waals surface area contributed by atoms with Gasteiger partial charge in [-0.25, -0.2) is 4.79 Å². The van der Waals surface area contributed by atoms with Crippen molar-refractivity contribution >= 4 is 17.8 Å². The molecule has 1 aliphatic heterocycles. The van der Waals surface area contributed by atoms with Gasteiger partial charge in [0.05, 0.1) is 12.8 Å². The summed E-state index contributed by atoms with van der Waals surface area (Å²) in [6.07, 6.45) is 1.39. The minimum absolute atomic E-state index is 0.0424. The van der Waals surface area contributed by atoms with Crippen molar-refractivity contribution in [3.63, 3.8) is 0 Å². The summed E-state index contributed by atoms with van der Waals surface area (Å²) in [5.74, 6) is 0.540. The average molecular weight is 357 g/mol. The van der Waals surface area contributed by atoms with Crippen molar-refractivity contribution in [3.8, 4) is 11.1 Å². The van der Waals surface area contributed by atoms with E-state index >= 15 is 0 Å². The van der Waals surface area contributed by atoms with Crippen LogP contribution in [0, 0.1) is 0 Å². The summed E-state index contributed by atoms with van der Waals surface area (Å²) >= 11 is 0. The number of nitrogen functional groups attached to an aromatic ring is 1. The lowest BCUT2D eigenvalue weighted by atomic mass is 10.1. The number of rotatable bonds is 3. The van der Waals surface area contributed by atoms with Crippen LogP contribution in [0.15, 0.2) is 30.5 Å². The zero-order chi connectivity index (χ0) is 18.7. The summed E-state index contributed by atoms with van der Waals surface area (Å²) in [4.78, 5) is 27.8. The van der Waals surface area contributed by atoms with Gasteiger partial charge in [-0.3, -0.25) is 9.48 Å². The van der Waals surface area contributed by atoms with E-state index in [0.717, 1.165) is 11.1 Å². The van der Waals surface area contributed by atoms with E-state index in [-0.39, 0.29) is 12.0 Å². The normalized spacial score (nSPS) is 14.4. The lowest BCUT2D eigenvalue weighted by Gasteiger charge is -2.34. The van der Waals surface area contributed by atoms with Gasteiger partial charge in [0.15, 0.2) is 0 Å². The van der Waals surface area contributed by atoms with Crippen LogP contribution < -0.4 is 5.73 Å². The number of aromatic nitrogens is 2. The fraction of sp³-hybridized carbons (Fsp3) is 0.389. The number of carbonyl (C=O) groups is 2. The van der Waals surface area contributed by atoms with Crippen molar-refractivity contribution < 1.29 is 14.3 Å². The van der Waals surface area contributed by atoms with Crippen molar-refractivity contribution in [1.29, 1.82) is 0 Å². The smallest absolute Gasteiger partial charge is 0.409 e. The van der Waals surface area contributed by atoms with Crippen LogP contribution >= 0.6 is 0 Å². The quantitative estimate of drug-likeness (QED) is 0.900. The minimum Gasteiger partial charge on any atom is -0.450 e. The number of piperazine rings is 1. The van der Waals surface area contributed by atoms with Gasteiger partial charge >= 0.3 is 6.09 Å². The molecule has 138 valence electrons. The molecule has 0 unspecified atom stereocenters. The summed E-state index contributed by atoms with van der Waals surface area (Å²) in [5, 5.41) is 4.13. The standard InChI is InChI=1S/C18H23N5O3/c1-3-26-18(25)23-10-8-22(9-11-23)17(24)14-6-4-13(5-7-14)15-12-20-21(2)16(15)19/h4-7,12H,3,8-11,19H2,1-2H3. The third kappa shape index (κ3) is 3.49. The molecule has 1 aliphatic rings. The molecule has 8 nitrogen and oxygen atoms in total. The van der Waals surface area contributed by atoms with Crippen molar-refractivity contribution in [2.75, 3.05) is 38.5 Å². The number of hydrogen-bond donors (Lipinski definition) is 1. The number of nitrogens with two attached hydrogens (primary N) is 1. The maximum atomic E-state index is 12.7. The number of aryl methyl sites for hydroxylation is 1. The van der Waals surface area contributed by atoms with Crippen molar-refractivity contribution in [2.45, 2.75) is 6.92 Å². The lowest BCUT2D eigenvalue weighted by molar-refractivity contribution is 0.0570. The molecule has 3 rings (SSSR count). The molecule has 2 amide bonds. The van der Waals surface area contributed by atoms with E-state index in [9.17, 15) is 9.59 Å². The Hall–Kier alpha value is -3.03. The molecule has 0 radical (unpaired) electrons. The van der Waals surface area contributed by atoms with Crippen LogP contribution in [0.25, 0.3) is 11.1 Å². The van der Waals surface area contributed by atoms with Gasteiger partial charge in [0.25, 0.3) is 5.91 Å². The predicted molar refractivity (Wildman–Crippen MR) is 97.6 cm³/mol. The summed E-state index contributed by atoms with van der Waals surface area (Å²) in [6, 6.07) is 7.33. The molecule has 1 fully saturated rings. The Morgan fingerprint density at radius 3 is 2.27 bits per heavy atom. The molecule has 8 heteroatoms. The van der Waals surface area contributed by atoms with E-state index < -0.39 is 0 Å². The Morgan fingerprint density at radius 2 is 1.73 bits per heavy atom. The fourth-order valence-corrected chi connectivity index (χ4v) is 2.95. The molecular formula is C18H23N5O3. The number of anilines is 1. The van der Waals surface area contributed by atoms with Gasteiger partial charge in [0.1, 0.15) is 5.82 Å². The minimum atomic E-state index is -0.321. The number of nitrogens with zero attached hydrogens (tertiary/aromatic N) is 4. The van der Waals surface area contributed by atoms with Gasteiger partial charge < -0.3 is 20.3 Å². The van der Waals surface area contributed by atoms with Crippen LogP contribution in [0.1, 0.15) is 17.3 Å². The molecule has 1 aromatic heterocycles. The Bertz CT molecular complexity index is 792. The number of ether oxygens (including phenoxy) is 1. The maximum absolute atomic E-state index is 12.7. The summed E-state index contributed by atoms with van der Waals surface area (Å²) < 4.78 is 6.60. The maximum Gasteiger partial charge on any atom is 0.409 e. The first-order chi connectivity index (χ1) is 12.5. The van der Waals surface area contributed by atoms with E-state index in [1.165, 1.54) is 0 Å². The van der Waals surface area contributed by atoms with Crippen molar-refractivity contribution in [1.82, 2.24) is 19.6 Å². The van der Waals surface area contributed by atoms with Crippen LogP contribution in [0.4, 0.5) is 10.6 Å². The fourth-order valence-electron chi connectivity index (χ4n) is 2.95. The second-order valence-electron chi connectivity index (χ2n) is 6.12. The third-order valence-electron chi connectivity index (χ3n) is 4.52. The third-order valence-corrected chi connectivity index (χ3v) is 4.52. The highest BCUT2D eigenvalue weighted by atomic mass is 16.6. The number of carbonyl (C=O) groups excluding carboxylic acids is 2. The zero-order valence-corrected chi connectivity index (χ0v) is 15.0. The molecule has 2 aromatic rings. The van der Waals surface area contributed by atoms with Crippen LogP contribution in [-0.4, -0.2) is 64.4 Å². The second kappa shape index (κ2) is 7.47. The van der Waals surface area contributed by atoms with Crippen LogP contribution in [0.3, 0.4) is 0 Å². The molecular weight excluding hydrogens is 334 g/mol. The SMILES string of the molecule is CCOC(=O)N1CCN(C(=O)c2ccc(-c3cnn(C)c3N)cc2)CC1. The Morgan fingerprint density at radius 1 is 1.12 bits per heavy atom. The molecule has 0 saturated carbocycles. The van der Waals surface area contributed by atoms with Crippen LogP contribution in [0.2, 0.25) is 0 Å². The lowest BCUT2D eigenvalue weighted by Crippen LogP contribution is -2.50. The van der Waals surface area contributed by atoms with E-state index in [0.29, 0.717) is 44.2 Å². The van der Waals surface area contributed by atoms with E-state index in [1.807, 2.05) is 12.1 Å². The Kier molecular flexibility index (Phi) is 5.11. The molecule has 0 bridgehead atoms. The number of benzene rings is 1. The molecule has 1 saturated heterocycles. The first-order valence-corrected chi connectivity index (χ1v) is 8.60. The molecule has 0 spiro atoms. The largest absolute Gasteiger partial charge is 0.450 e. The first kappa shape index (κ1) is 17.8. The predicted octanol–water partition coefficient (Wildman–Crippen LogP) is 1.58. The zero-order valence-electron chi connectivity index (χ0n) is 15.0. The summed E-state index contributed by atoms with van der Waals surface area (Å²) in [6.45, 7) is 4.08. The Labute approximate surface area is 152 Å².